The third-order valence-electron chi connectivity index (χ3n) is 2.64. The van der Waals surface area contributed by atoms with Crippen LogP contribution in [0.1, 0.15) is 4.88 Å². The highest BCUT2D eigenvalue weighted by atomic mass is 32.1. The van der Waals surface area contributed by atoms with Crippen LogP contribution in [0.25, 0.3) is 0 Å². The van der Waals surface area contributed by atoms with E-state index < -0.39 is 11.1 Å². The summed E-state index contributed by atoms with van der Waals surface area (Å²) in [4.78, 5) is 24.3. The lowest BCUT2D eigenvalue weighted by Crippen LogP contribution is -2.40. The van der Waals surface area contributed by atoms with Gasteiger partial charge >= 0.3 is 11.1 Å². The number of nitrogens with zero attached hydrogens (tertiary/aromatic N) is 2. The first-order valence-corrected chi connectivity index (χ1v) is 6.55. The predicted molar refractivity (Wildman–Crippen MR) is 72.0 cm³/mol. The molecular formula is C12H15N3O2S. The van der Waals surface area contributed by atoms with Crippen LogP contribution in [-0.4, -0.2) is 15.7 Å². The van der Waals surface area contributed by atoms with Crippen LogP contribution in [0, 0.1) is 0 Å². The zero-order chi connectivity index (χ0) is 13.0. The minimum Gasteiger partial charge on any atom is -0.312 e. The fraction of sp³-hybridized carbons (Fsp3) is 0.333. The van der Waals surface area contributed by atoms with Gasteiger partial charge in [-0.15, -0.1) is 11.3 Å². The zero-order valence-electron chi connectivity index (χ0n) is 10.1. The summed E-state index contributed by atoms with van der Waals surface area (Å²) in [7, 11) is 1.57. The van der Waals surface area contributed by atoms with Crippen molar-refractivity contribution in [3.05, 3.63) is 55.5 Å². The predicted octanol–water partition coefficient (Wildman–Crippen LogP) is 0.398. The second-order valence-electron chi connectivity index (χ2n) is 3.97. The monoisotopic (exact) mass is 265 g/mol. The number of rotatable bonds is 5. The molecule has 0 saturated heterocycles. The topological polar surface area (TPSA) is 56.0 Å². The first-order chi connectivity index (χ1) is 8.68. The van der Waals surface area contributed by atoms with Crippen LogP contribution >= 0.6 is 11.3 Å². The first kappa shape index (κ1) is 12.8. The molecule has 2 rings (SSSR count). The average molecular weight is 265 g/mol. The number of hydrogen-bond donors (Lipinski definition) is 1. The maximum Gasteiger partial charge on any atom is 0.316 e. The Morgan fingerprint density at radius 3 is 2.83 bits per heavy atom. The molecule has 96 valence electrons. The van der Waals surface area contributed by atoms with Crippen molar-refractivity contribution in [2.24, 2.45) is 7.05 Å². The smallest absolute Gasteiger partial charge is 0.312 e. The molecule has 2 heterocycles. The molecule has 0 fully saturated rings. The molecule has 0 amide bonds. The van der Waals surface area contributed by atoms with Crippen LogP contribution < -0.4 is 16.4 Å². The first-order valence-electron chi connectivity index (χ1n) is 5.67. The minimum atomic E-state index is -0.490. The van der Waals surface area contributed by atoms with E-state index in [0.717, 1.165) is 6.54 Å². The summed E-state index contributed by atoms with van der Waals surface area (Å²) in [6.45, 7) is 1.95. The van der Waals surface area contributed by atoms with Crippen molar-refractivity contribution < 1.29 is 0 Å². The van der Waals surface area contributed by atoms with Crippen molar-refractivity contribution in [3.63, 3.8) is 0 Å². The van der Waals surface area contributed by atoms with Crippen LogP contribution in [0.5, 0.6) is 0 Å². The van der Waals surface area contributed by atoms with Gasteiger partial charge in [-0.1, -0.05) is 6.07 Å². The quantitative estimate of drug-likeness (QED) is 0.629. The van der Waals surface area contributed by atoms with E-state index in [-0.39, 0.29) is 0 Å². The van der Waals surface area contributed by atoms with Gasteiger partial charge in [0.1, 0.15) is 0 Å². The molecule has 18 heavy (non-hydrogen) atoms. The molecule has 0 radical (unpaired) electrons. The molecule has 0 unspecified atom stereocenters. The van der Waals surface area contributed by atoms with Crippen LogP contribution in [0.3, 0.4) is 0 Å². The lowest BCUT2D eigenvalue weighted by atomic mass is 10.4. The normalized spacial score (nSPS) is 10.7. The second kappa shape index (κ2) is 5.79. The van der Waals surface area contributed by atoms with Gasteiger partial charge in [0.2, 0.25) is 0 Å². The average Bonchev–Trinajstić information content (AvgIpc) is 2.87. The number of nitrogens with one attached hydrogen (secondary N) is 1. The van der Waals surface area contributed by atoms with E-state index in [1.54, 1.807) is 30.8 Å². The summed E-state index contributed by atoms with van der Waals surface area (Å²) in [6.07, 6.45) is 3.24. The summed E-state index contributed by atoms with van der Waals surface area (Å²) in [6, 6.07) is 4.06. The van der Waals surface area contributed by atoms with Crippen molar-refractivity contribution in [2.45, 2.75) is 13.1 Å². The Morgan fingerprint density at radius 2 is 2.11 bits per heavy atom. The van der Waals surface area contributed by atoms with Gasteiger partial charge in [-0.05, 0) is 11.4 Å². The number of aryl methyl sites for hydroxylation is 1. The third-order valence-corrected chi connectivity index (χ3v) is 3.52. The maximum absolute atomic E-state index is 11.6. The van der Waals surface area contributed by atoms with Gasteiger partial charge in [0, 0.05) is 44.0 Å². The molecule has 2 aromatic rings. The van der Waals surface area contributed by atoms with Crippen LogP contribution in [0.2, 0.25) is 0 Å². The minimum absolute atomic E-state index is 0.474. The Morgan fingerprint density at radius 1 is 1.28 bits per heavy atom. The van der Waals surface area contributed by atoms with Gasteiger partial charge in [0.15, 0.2) is 0 Å². The third kappa shape index (κ3) is 2.96. The molecule has 0 atom stereocenters. The van der Waals surface area contributed by atoms with Gasteiger partial charge < -0.3 is 14.5 Å². The number of thiophene rings is 1. The Labute approximate surface area is 108 Å². The molecule has 0 aliphatic heterocycles. The van der Waals surface area contributed by atoms with Gasteiger partial charge in [-0.2, -0.15) is 0 Å². The van der Waals surface area contributed by atoms with Crippen molar-refractivity contribution in [3.8, 4) is 0 Å². The van der Waals surface area contributed by atoms with E-state index >= 15 is 0 Å². The highest BCUT2D eigenvalue weighted by Gasteiger charge is 2.01. The SMILES string of the molecule is Cn1ccn(CCNCc2cccs2)c(=O)c1=O. The molecule has 0 aromatic carbocycles. The molecule has 6 heteroatoms. The van der Waals surface area contributed by atoms with Crippen molar-refractivity contribution in [2.75, 3.05) is 6.54 Å². The summed E-state index contributed by atoms with van der Waals surface area (Å²) in [5.41, 5.74) is -0.964. The van der Waals surface area contributed by atoms with E-state index in [1.807, 2.05) is 11.4 Å². The Bertz CT molecular complexity index is 613. The van der Waals surface area contributed by atoms with Crippen molar-refractivity contribution >= 4 is 11.3 Å². The standard InChI is InChI=1S/C12H15N3O2S/c1-14-6-7-15(12(17)11(14)16)5-4-13-9-10-3-2-8-18-10/h2-3,6-8,13H,4-5,9H2,1H3. The summed E-state index contributed by atoms with van der Waals surface area (Å²) < 4.78 is 2.72. The van der Waals surface area contributed by atoms with Crippen molar-refractivity contribution in [1.82, 2.24) is 14.5 Å². The van der Waals surface area contributed by atoms with Gasteiger partial charge in [-0.3, -0.25) is 9.59 Å². The van der Waals surface area contributed by atoms with E-state index in [4.69, 9.17) is 0 Å². The van der Waals surface area contributed by atoms with Gasteiger partial charge in [-0.25, -0.2) is 0 Å². The Hall–Kier alpha value is -1.66. The summed E-state index contributed by atoms with van der Waals surface area (Å²) in [5, 5.41) is 5.27. The fourth-order valence-corrected chi connectivity index (χ4v) is 2.26. The molecular weight excluding hydrogens is 250 g/mol. The Balaban J connectivity index is 1.89. The van der Waals surface area contributed by atoms with Gasteiger partial charge in [0.05, 0.1) is 0 Å². The van der Waals surface area contributed by atoms with Gasteiger partial charge in [0.25, 0.3) is 0 Å². The van der Waals surface area contributed by atoms with E-state index in [1.165, 1.54) is 14.0 Å². The maximum atomic E-state index is 11.6. The number of hydrogen-bond acceptors (Lipinski definition) is 4. The molecule has 0 aliphatic carbocycles. The van der Waals surface area contributed by atoms with E-state index in [2.05, 4.69) is 11.4 Å². The largest absolute Gasteiger partial charge is 0.316 e. The fourth-order valence-electron chi connectivity index (χ4n) is 1.59. The van der Waals surface area contributed by atoms with Crippen LogP contribution in [0.15, 0.2) is 39.5 Å². The highest BCUT2D eigenvalue weighted by molar-refractivity contribution is 7.09. The molecule has 0 spiro atoms. The Kier molecular flexibility index (Phi) is 4.11. The highest BCUT2D eigenvalue weighted by Crippen LogP contribution is 2.06. The van der Waals surface area contributed by atoms with E-state index in [9.17, 15) is 9.59 Å². The zero-order valence-corrected chi connectivity index (χ0v) is 10.9. The molecule has 0 aliphatic rings. The van der Waals surface area contributed by atoms with Crippen LogP contribution in [0.4, 0.5) is 0 Å². The second-order valence-corrected chi connectivity index (χ2v) is 5.00. The summed E-state index contributed by atoms with van der Waals surface area (Å²) in [5.74, 6) is 0. The van der Waals surface area contributed by atoms with Crippen LogP contribution in [-0.2, 0) is 20.1 Å². The molecule has 0 saturated carbocycles. The number of aromatic nitrogens is 2. The molecule has 0 bridgehead atoms. The van der Waals surface area contributed by atoms with E-state index in [0.29, 0.717) is 13.1 Å². The lowest BCUT2D eigenvalue weighted by Gasteiger charge is -2.06. The molecule has 5 nitrogen and oxygen atoms in total. The molecule has 2 aromatic heterocycles. The molecule has 1 N–H and O–H groups in total. The summed E-state index contributed by atoms with van der Waals surface area (Å²) >= 11 is 1.69. The van der Waals surface area contributed by atoms with Crippen molar-refractivity contribution in [1.29, 1.82) is 0 Å². The lowest BCUT2D eigenvalue weighted by molar-refractivity contribution is 0.574.